The van der Waals surface area contributed by atoms with Gasteiger partial charge in [0.25, 0.3) is 5.91 Å². The number of hydrogen-bond acceptors (Lipinski definition) is 2. The molecule has 1 fully saturated rings. The lowest BCUT2D eigenvalue weighted by Gasteiger charge is -2.20. The first-order valence-corrected chi connectivity index (χ1v) is 7.37. The van der Waals surface area contributed by atoms with Crippen molar-refractivity contribution in [2.75, 3.05) is 17.7 Å². The molecule has 0 spiro atoms. The molecule has 0 aromatic heterocycles. The lowest BCUT2D eigenvalue weighted by atomic mass is 10.1. The maximum atomic E-state index is 12.5. The summed E-state index contributed by atoms with van der Waals surface area (Å²) < 4.78 is 0. The van der Waals surface area contributed by atoms with E-state index in [1.165, 1.54) is 18.4 Å². The molecule has 0 unspecified atom stereocenters. The number of benzene rings is 2. The molecule has 3 nitrogen and oxygen atoms in total. The molecule has 3 rings (SSSR count). The van der Waals surface area contributed by atoms with E-state index >= 15 is 0 Å². The Morgan fingerprint density at radius 1 is 1.19 bits per heavy atom. The molecule has 2 aromatic rings. The van der Waals surface area contributed by atoms with Gasteiger partial charge in [0.05, 0.1) is 10.7 Å². The Bertz CT molecular complexity index is 678. The van der Waals surface area contributed by atoms with Crippen LogP contribution in [0.5, 0.6) is 0 Å². The highest BCUT2D eigenvalue weighted by Gasteiger charge is 2.25. The van der Waals surface area contributed by atoms with Crippen molar-refractivity contribution in [1.29, 1.82) is 0 Å². The molecular weight excluding hydrogens is 284 g/mol. The van der Waals surface area contributed by atoms with Gasteiger partial charge in [-0.1, -0.05) is 17.7 Å². The highest BCUT2D eigenvalue weighted by molar-refractivity contribution is 6.34. The van der Waals surface area contributed by atoms with Crippen LogP contribution in [-0.4, -0.2) is 13.0 Å². The Morgan fingerprint density at radius 3 is 2.48 bits per heavy atom. The molecule has 0 saturated heterocycles. The van der Waals surface area contributed by atoms with Gasteiger partial charge in [-0.25, -0.2) is 0 Å². The average Bonchev–Trinajstić information content (AvgIpc) is 3.32. The van der Waals surface area contributed by atoms with Crippen LogP contribution in [0.15, 0.2) is 42.5 Å². The van der Waals surface area contributed by atoms with Crippen LogP contribution in [0.2, 0.25) is 5.02 Å². The van der Waals surface area contributed by atoms with E-state index in [0.29, 0.717) is 22.2 Å². The van der Waals surface area contributed by atoms with Crippen molar-refractivity contribution in [1.82, 2.24) is 0 Å². The first kappa shape index (κ1) is 14.0. The van der Waals surface area contributed by atoms with Gasteiger partial charge < -0.3 is 10.6 Å². The molecule has 108 valence electrons. The van der Waals surface area contributed by atoms with Crippen LogP contribution < -0.4 is 10.6 Å². The standard InChI is InChI=1S/C17H17ClN2O/c1-20(17(21)12-4-7-14(19)8-5-12)16-10-13(11-2-3-11)6-9-15(16)18/h4-11H,2-3,19H2,1H3. The molecule has 2 N–H and O–H groups in total. The number of carbonyl (C=O) groups excluding carboxylic acids is 1. The van der Waals surface area contributed by atoms with E-state index in [1.54, 1.807) is 36.2 Å². The molecule has 1 aliphatic carbocycles. The fourth-order valence-corrected chi connectivity index (χ4v) is 2.63. The van der Waals surface area contributed by atoms with E-state index in [9.17, 15) is 4.79 Å². The van der Waals surface area contributed by atoms with Crippen LogP contribution in [0.25, 0.3) is 0 Å². The molecule has 0 heterocycles. The molecule has 0 bridgehead atoms. The third kappa shape index (κ3) is 2.88. The third-order valence-corrected chi connectivity index (χ3v) is 4.16. The SMILES string of the molecule is CN(C(=O)c1ccc(N)cc1)c1cc(C2CC2)ccc1Cl. The summed E-state index contributed by atoms with van der Waals surface area (Å²) in [5.41, 5.74) is 8.90. The number of amides is 1. The average molecular weight is 301 g/mol. The Labute approximate surface area is 129 Å². The summed E-state index contributed by atoms with van der Waals surface area (Å²) in [6.07, 6.45) is 2.44. The van der Waals surface area contributed by atoms with Gasteiger partial charge >= 0.3 is 0 Å². The monoisotopic (exact) mass is 300 g/mol. The molecule has 0 aliphatic heterocycles. The van der Waals surface area contributed by atoms with E-state index in [0.717, 1.165) is 5.69 Å². The van der Waals surface area contributed by atoms with Crippen molar-refractivity contribution in [2.45, 2.75) is 18.8 Å². The quantitative estimate of drug-likeness (QED) is 0.868. The van der Waals surface area contributed by atoms with Gasteiger partial charge in [0.15, 0.2) is 0 Å². The summed E-state index contributed by atoms with van der Waals surface area (Å²) in [5.74, 6) is 0.533. The summed E-state index contributed by atoms with van der Waals surface area (Å²) in [6, 6.07) is 12.9. The maximum Gasteiger partial charge on any atom is 0.258 e. The number of anilines is 2. The van der Waals surface area contributed by atoms with Gasteiger partial charge in [0.1, 0.15) is 0 Å². The van der Waals surface area contributed by atoms with Crippen LogP contribution in [0, 0.1) is 0 Å². The highest BCUT2D eigenvalue weighted by Crippen LogP contribution is 2.42. The number of nitrogens with two attached hydrogens (primary N) is 1. The summed E-state index contributed by atoms with van der Waals surface area (Å²) in [4.78, 5) is 14.1. The normalized spacial score (nSPS) is 14.0. The second-order valence-corrected chi connectivity index (χ2v) is 5.88. The minimum absolute atomic E-state index is 0.0927. The minimum atomic E-state index is -0.0927. The van der Waals surface area contributed by atoms with Gasteiger partial charge in [-0.3, -0.25) is 4.79 Å². The summed E-state index contributed by atoms with van der Waals surface area (Å²) in [6.45, 7) is 0. The summed E-state index contributed by atoms with van der Waals surface area (Å²) in [5, 5.41) is 0.589. The van der Waals surface area contributed by atoms with Crippen molar-refractivity contribution in [2.24, 2.45) is 0 Å². The first-order valence-electron chi connectivity index (χ1n) is 6.99. The topological polar surface area (TPSA) is 46.3 Å². The number of rotatable bonds is 3. The van der Waals surface area contributed by atoms with Crippen LogP contribution in [0.4, 0.5) is 11.4 Å². The fourth-order valence-electron chi connectivity index (χ4n) is 2.39. The van der Waals surface area contributed by atoms with E-state index in [2.05, 4.69) is 0 Å². The Hall–Kier alpha value is -2.00. The van der Waals surface area contributed by atoms with Gasteiger partial charge in [0.2, 0.25) is 0 Å². The van der Waals surface area contributed by atoms with Crippen LogP contribution >= 0.6 is 11.6 Å². The first-order chi connectivity index (χ1) is 10.1. The molecule has 2 aromatic carbocycles. The van der Waals surface area contributed by atoms with Crippen molar-refractivity contribution in [3.63, 3.8) is 0 Å². The number of halogens is 1. The van der Waals surface area contributed by atoms with Crippen molar-refractivity contribution in [3.05, 3.63) is 58.6 Å². The van der Waals surface area contributed by atoms with Gasteiger partial charge in [0, 0.05) is 18.3 Å². The fraction of sp³-hybridized carbons (Fsp3) is 0.235. The predicted molar refractivity (Wildman–Crippen MR) is 87.0 cm³/mol. The molecule has 1 amide bonds. The van der Waals surface area contributed by atoms with Crippen molar-refractivity contribution in [3.8, 4) is 0 Å². The number of hydrogen-bond donors (Lipinski definition) is 1. The Morgan fingerprint density at radius 2 is 1.86 bits per heavy atom. The maximum absolute atomic E-state index is 12.5. The van der Waals surface area contributed by atoms with Crippen LogP contribution in [-0.2, 0) is 0 Å². The molecule has 1 saturated carbocycles. The van der Waals surface area contributed by atoms with Gasteiger partial charge in [-0.15, -0.1) is 0 Å². The third-order valence-electron chi connectivity index (χ3n) is 3.84. The molecule has 0 atom stereocenters. The second-order valence-electron chi connectivity index (χ2n) is 5.47. The largest absolute Gasteiger partial charge is 0.399 e. The van der Waals surface area contributed by atoms with Gasteiger partial charge in [-0.05, 0) is 60.7 Å². The smallest absolute Gasteiger partial charge is 0.258 e. The van der Waals surface area contributed by atoms with Crippen LogP contribution in [0.3, 0.4) is 0 Å². The highest BCUT2D eigenvalue weighted by atomic mass is 35.5. The van der Waals surface area contributed by atoms with E-state index in [4.69, 9.17) is 17.3 Å². The van der Waals surface area contributed by atoms with Gasteiger partial charge in [-0.2, -0.15) is 0 Å². The Kier molecular flexibility index (Phi) is 3.60. The molecule has 0 radical (unpaired) electrons. The van der Waals surface area contributed by atoms with Crippen LogP contribution in [0.1, 0.15) is 34.7 Å². The lowest BCUT2D eigenvalue weighted by molar-refractivity contribution is 0.0993. The Balaban J connectivity index is 1.90. The number of nitrogens with zero attached hydrogens (tertiary/aromatic N) is 1. The predicted octanol–water partition coefficient (Wildman–Crippen LogP) is 4.08. The number of nitrogen functional groups attached to an aromatic ring is 1. The summed E-state index contributed by atoms with van der Waals surface area (Å²) >= 11 is 6.26. The van der Waals surface area contributed by atoms with Crippen molar-refractivity contribution < 1.29 is 4.79 Å². The zero-order chi connectivity index (χ0) is 15.0. The van der Waals surface area contributed by atoms with Crippen molar-refractivity contribution >= 4 is 28.9 Å². The molecule has 1 aliphatic rings. The molecule has 21 heavy (non-hydrogen) atoms. The summed E-state index contributed by atoms with van der Waals surface area (Å²) in [7, 11) is 1.75. The van der Waals surface area contributed by atoms with E-state index in [1.807, 2.05) is 18.2 Å². The number of carbonyl (C=O) groups is 1. The second kappa shape index (κ2) is 5.41. The lowest BCUT2D eigenvalue weighted by Crippen LogP contribution is -2.26. The molecule has 4 heteroatoms. The zero-order valence-electron chi connectivity index (χ0n) is 11.8. The zero-order valence-corrected chi connectivity index (χ0v) is 12.6. The molecular formula is C17H17ClN2O. The van der Waals surface area contributed by atoms with E-state index in [-0.39, 0.29) is 5.91 Å². The van der Waals surface area contributed by atoms with E-state index < -0.39 is 0 Å². The minimum Gasteiger partial charge on any atom is -0.399 e.